The molecule has 0 atom stereocenters. The van der Waals surface area contributed by atoms with Crippen molar-refractivity contribution in [3.63, 3.8) is 0 Å². The van der Waals surface area contributed by atoms with Crippen molar-refractivity contribution in [2.75, 3.05) is 10.6 Å². The maximum Gasteiger partial charge on any atom is 0.323 e. The van der Waals surface area contributed by atoms with Gasteiger partial charge in [-0.1, -0.05) is 18.2 Å². The Morgan fingerprint density at radius 1 is 1.06 bits per heavy atom. The van der Waals surface area contributed by atoms with Crippen molar-refractivity contribution in [3.8, 4) is 23.1 Å². The van der Waals surface area contributed by atoms with Gasteiger partial charge in [0.05, 0.1) is 15.0 Å². The molecular formula is C23H18FIN4O3. The lowest BCUT2D eigenvalue weighted by atomic mass is 10.3. The van der Waals surface area contributed by atoms with Gasteiger partial charge >= 0.3 is 6.03 Å². The van der Waals surface area contributed by atoms with Gasteiger partial charge in [-0.05, 0) is 78.0 Å². The predicted octanol–water partition coefficient (Wildman–Crippen LogP) is 6.07. The number of carbonyl (C=O) groups is 1. The highest BCUT2D eigenvalue weighted by Crippen LogP contribution is 2.32. The fourth-order valence-electron chi connectivity index (χ4n) is 2.98. The molecule has 1 heterocycles. The monoisotopic (exact) mass is 544 g/mol. The summed E-state index contributed by atoms with van der Waals surface area (Å²) in [6.07, 6.45) is 0. The van der Waals surface area contributed by atoms with Gasteiger partial charge in [-0.3, -0.25) is 0 Å². The van der Waals surface area contributed by atoms with E-state index in [1.165, 1.54) is 16.8 Å². The number of benzene rings is 3. The number of aromatic hydroxyl groups is 1. The molecule has 1 aromatic heterocycles. The highest BCUT2D eigenvalue weighted by molar-refractivity contribution is 14.1. The smallest absolute Gasteiger partial charge is 0.323 e. The summed E-state index contributed by atoms with van der Waals surface area (Å²) in [5, 5.41) is 19.1. The number of halogens is 2. The summed E-state index contributed by atoms with van der Waals surface area (Å²) in [4.78, 5) is 12.4. The second-order valence-electron chi connectivity index (χ2n) is 6.83. The Bertz CT molecular complexity index is 1270. The topological polar surface area (TPSA) is 88.4 Å². The first-order valence-corrected chi connectivity index (χ1v) is 10.6. The molecule has 0 aliphatic heterocycles. The van der Waals surface area contributed by atoms with Crippen LogP contribution in [-0.2, 0) is 0 Å². The molecule has 9 heteroatoms. The van der Waals surface area contributed by atoms with Gasteiger partial charge in [0.25, 0.3) is 0 Å². The molecule has 3 N–H and O–H groups in total. The second kappa shape index (κ2) is 9.27. The summed E-state index contributed by atoms with van der Waals surface area (Å²) in [7, 11) is 0. The number of aryl methyl sites for hydroxylation is 1. The summed E-state index contributed by atoms with van der Waals surface area (Å²) in [6.45, 7) is 1.78. The molecule has 162 valence electrons. The molecule has 0 spiro atoms. The summed E-state index contributed by atoms with van der Waals surface area (Å²) in [6, 6.07) is 19.2. The first-order chi connectivity index (χ1) is 15.4. The number of ether oxygens (including phenoxy) is 1. The Morgan fingerprint density at radius 3 is 2.59 bits per heavy atom. The Morgan fingerprint density at radius 2 is 1.81 bits per heavy atom. The minimum atomic E-state index is -0.486. The van der Waals surface area contributed by atoms with Gasteiger partial charge in [0.2, 0.25) is 5.88 Å². The molecule has 3 aromatic carbocycles. The second-order valence-corrected chi connectivity index (χ2v) is 8.00. The number of aromatic nitrogens is 2. The number of phenolic OH excluding ortho intramolecular Hbond substituents is 1. The number of urea groups is 1. The highest BCUT2D eigenvalue weighted by Gasteiger charge is 2.17. The average Bonchev–Trinajstić information content (AvgIpc) is 3.13. The fraction of sp³-hybridized carbons (Fsp3) is 0.0435. The number of para-hydroxylation sites is 2. The van der Waals surface area contributed by atoms with Crippen LogP contribution in [0.3, 0.4) is 0 Å². The van der Waals surface area contributed by atoms with E-state index in [2.05, 4.69) is 15.7 Å². The molecule has 0 fully saturated rings. The SMILES string of the molecule is Cc1cc(Oc2ccccc2NC(=O)Nc2ccc(O)cc2)n(-c2cccc(I)c2F)n1. The predicted molar refractivity (Wildman–Crippen MR) is 128 cm³/mol. The minimum Gasteiger partial charge on any atom is -0.508 e. The van der Waals surface area contributed by atoms with E-state index in [1.54, 1.807) is 67.6 Å². The van der Waals surface area contributed by atoms with E-state index in [0.29, 0.717) is 32.3 Å². The van der Waals surface area contributed by atoms with Gasteiger partial charge in [0.1, 0.15) is 11.4 Å². The van der Waals surface area contributed by atoms with E-state index in [1.807, 2.05) is 22.6 Å². The van der Waals surface area contributed by atoms with Crippen molar-refractivity contribution in [2.45, 2.75) is 6.92 Å². The molecule has 4 aromatic rings. The van der Waals surface area contributed by atoms with Crippen LogP contribution in [-0.4, -0.2) is 20.9 Å². The van der Waals surface area contributed by atoms with Crippen LogP contribution in [0.5, 0.6) is 17.4 Å². The van der Waals surface area contributed by atoms with Gasteiger partial charge in [-0.2, -0.15) is 9.78 Å². The molecule has 0 bridgehead atoms. The van der Waals surface area contributed by atoms with Crippen LogP contribution in [0.1, 0.15) is 5.69 Å². The zero-order valence-corrected chi connectivity index (χ0v) is 19.0. The normalized spacial score (nSPS) is 10.6. The third kappa shape index (κ3) is 4.83. The number of hydrogen-bond donors (Lipinski definition) is 3. The number of nitrogens with one attached hydrogen (secondary N) is 2. The van der Waals surface area contributed by atoms with E-state index < -0.39 is 11.8 Å². The number of rotatable bonds is 5. The molecule has 0 saturated heterocycles. The van der Waals surface area contributed by atoms with Crippen molar-refractivity contribution in [2.24, 2.45) is 0 Å². The minimum absolute atomic E-state index is 0.103. The summed E-state index contributed by atoms with van der Waals surface area (Å²) < 4.78 is 22.6. The molecule has 0 radical (unpaired) electrons. The lowest BCUT2D eigenvalue weighted by Gasteiger charge is -2.14. The number of hydrogen-bond acceptors (Lipinski definition) is 4. The third-order valence-electron chi connectivity index (χ3n) is 4.43. The Hall–Kier alpha value is -3.60. The van der Waals surface area contributed by atoms with Crippen LogP contribution in [0, 0.1) is 16.3 Å². The van der Waals surface area contributed by atoms with Crippen LogP contribution in [0.15, 0.2) is 72.8 Å². The Balaban J connectivity index is 1.58. The quantitative estimate of drug-likeness (QED) is 0.210. The maximum absolute atomic E-state index is 14.7. The van der Waals surface area contributed by atoms with Crippen LogP contribution in [0.2, 0.25) is 0 Å². The molecule has 4 rings (SSSR count). The largest absolute Gasteiger partial charge is 0.508 e. The van der Waals surface area contributed by atoms with Crippen molar-refractivity contribution < 1.29 is 19.0 Å². The number of amides is 2. The van der Waals surface area contributed by atoms with Crippen molar-refractivity contribution in [3.05, 3.63) is 87.9 Å². The van der Waals surface area contributed by atoms with Crippen LogP contribution in [0.4, 0.5) is 20.6 Å². The summed E-state index contributed by atoms with van der Waals surface area (Å²) in [5.41, 5.74) is 1.84. The van der Waals surface area contributed by atoms with Gasteiger partial charge < -0.3 is 20.5 Å². The zero-order valence-electron chi connectivity index (χ0n) is 16.8. The van der Waals surface area contributed by atoms with E-state index in [9.17, 15) is 14.3 Å². The van der Waals surface area contributed by atoms with Gasteiger partial charge in [0.15, 0.2) is 11.6 Å². The van der Waals surface area contributed by atoms with Gasteiger partial charge in [0, 0.05) is 11.8 Å². The van der Waals surface area contributed by atoms with Crippen LogP contribution >= 0.6 is 22.6 Å². The molecule has 32 heavy (non-hydrogen) atoms. The van der Waals surface area contributed by atoms with Crippen molar-refractivity contribution in [1.29, 1.82) is 0 Å². The Kier molecular flexibility index (Phi) is 6.26. The van der Waals surface area contributed by atoms with E-state index in [4.69, 9.17) is 4.74 Å². The van der Waals surface area contributed by atoms with Crippen LogP contribution < -0.4 is 15.4 Å². The van der Waals surface area contributed by atoms with Gasteiger partial charge in [-0.15, -0.1) is 0 Å². The number of carbonyl (C=O) groups excluding carboxylic acids is 1. The van der Waals surface area contributed by atoms with Crippen molar-refractivity contribution >= 4 is 40.0 Å². The zero-order chi connectivity index (χ0) is 22.7. The number of nitrogens with zero attached hydrogens (tertiary/aromatic N) is 2. The number of anilines is 2. The lowest BCUT2D eigenvalue weighted by Crippen LogP contribution is -2.19. The average molecular weight is 544 g/mol. The lowest BCUT2D eigenvalue weighted by molar-refractivity contribution is 0.262. The number of phenols is 1. The van der Waals surface area contributed by atoms with Crippen LogP contribution in [0.25, 0.3) is 5.69 Å². The van der Waals surface area contributed by atoms with E-state index in [0.717, 1.165) is 0 Å². The molecule has 0 aliphatic carbocycles. The first kappa shape index (κ1) is 21.6. The highest BCUT2D eigenvalue weighted by atomic mass is 127. The molecule has 2 amide bonds. The Labute approximate surface area is 197 Å². The molecule has 0 saturated carbocycles. The first-order valence-electron chi connectivity index (χ1n) is 9.55. The molecule has 7 nitrogen and oxygen atoms in total. The van der Waals surface area contributed by atoms with Gasteiger partial charge in [-0.25, -0.2) is 9.18 Å². The molecule has 0 aliphatic rings. The third-order valence-corrected chi connectivity index (χ3v) is 5.27. The summed E-state index contributed by atoms with van der Waals surface area (Å²) >= 11 is 1.92. The summed E-state index contributed by atoms with van der Waals surface area (Å²) in [5.74, 6) is 0.365. The fourth-order valence-corrected chi connectivity index (χ4v) is 3.46. The van der Waals surface area contributed by atoms with E-state index >= 15 is 0 Å². The van der Waals surface area contributed by atoms with Crippen molar-refractivity contribution in [1.82, 2.24) is 9.78 Å². The molecular weight excluding hydrogens is 526 g/mol. The molecule has 0 unspecified atom stereocenters. The standard InChI is InChI=1S/C23H18FIN4O3/c1-14-13-21(29(28-14)19-7-4-5-17(25)22(19)24)32-20-8-3-2-6-18(20)27-23(31)26-15-9-11-16(30)12-10-15/h2-13,30H,1H3,(H2,26,27,31). The maximum atomic E-state index is 14.7. The van der Waals surface area contributed by atoms with E-state index in [-0.39, 0.29) is 11.4 Å².